The minimum Gasteiger partial charge on any atom is -0.444 e. The van der Waals surface area contributed by atoms with E-state index in [-0.39, 0.29) is 41.3 Å². The minimum absolute atomic E-state index is 0.0440. The first-order valence-corrected chi connectivity index (χ1v) is 13.3. The number of carbonyl (C=O) groups is 1. The van der Waals surface area contributed by atoms with Gasteiger partial charge in [0.25, 0.3) is 5.89 Å². The third-order valence-electron chi connectivity index (χ3n) is 5.89. The molecule has 1 aromatic heterocycles. The van der Waals surface area contributed by atoms with Gasteiger partial charge in [0.15, 0.2) is 9.84 Å². The number of rotatable bonds is 5. The summed E-state index contributed by atoms with van der Waals surface area (Å²) in [4.78, 5) is 18.2. The van der Waals surface area contributed by atoms with E-state index < -0.39 is 32.3 Å². The molecule has 0 aliphatic carbocycles. The first-order chi connectivity index (χ1) is 16.3. The van der Waals surface area contributed by atoms with Crippen molar-refractivity contribution in [1.29, 1.82) is 0 Å². The lowest BCUT2D eigenvalue weighted by molar-refractivity contribution is -0.168. The van der Waals surface area contributed by atoms with E-state index in [0.29, 0.717) is 26.3 Å². The Balaban J connectivity index is 1.44. The van der Waals surface area contributed by atoms with E-state index in [0.717, 1.165) is 12.3 Å². The summed E-state index contributed by atoms with van der Waals surface area (Å²) < 4.78 is 60.4. The van der Waals surface area contributed by atoms with Crippen LogP contribution in [0.2, 0.25) is 0 Å². The van der Waals surface area contributed by atoms with Crippen molar-refractivity contribution in [2.45, 2.75) is 50.4 Å². The quantitative estimate of drug-likeness (QED) is 0.595. The van der Waals surface area contributed by atoms with Gasteiger partial charge in [-0.2, -0.15) is 4.98 Å². The van der Waals surface area contributed by atoms with E-state index >= 15 is 0 Å². The number of aromatic nitrogens is 2. The molecule has 2 bridgehead atoms. The molecule has 2 aliphatic rings. The van der Waals surface area contributed by atoms with Gasteiger partial charge in [-0.25, -0.2) is 17.6 Å². The smallest absolute Gasteiger partial charge is 0.410 e. The number of halogens is 1. The van der Waals surface area contributed by atoms with E-state index in [9.17, 15) is 17.6 Å². The third kappa shape index (κ3) is 5.81. The monoisotopic (exact) mass is 511 g/mol. The molecule has 2 fully saturated rings. The van der Waals surface area contributed by atoms with Crippen molar-refractivity contribution in [1.82, 2.24) is 15.0 Å². The molecule has 3 atom stereocenters. The summed E-state index contributed by atoms with van der Waals surface area (Å²) in [6, 6.07) is 3.66. The van der Waals surface area contributed by atoms with Gasteiger partial charge in [-0.05, 0) is 45.9 Å². The SMILES string of the molecule is CC(OC1C2COCC1CN(C(=O)OC(C)(C)C)C2)c1nc(-c2ccc(S(C)(=O)=O)c(F)c2)no1. The molecule has 1 aromatic carbocycles. The molecule has 0 saturated carbocycles. The molecule has 2 aliphatic heterocycles. The number of nitrogens with zero attached hydrogens (tertiary/aromatic N) is 3. The molecular formula is C23H30FN3O7S. The summed E-state index contributed by atoms with van der Waals surface area (Å²) in [5.41, 5.74) is -0.290. The van der Waals surface area contributed by atoms with Crippen LogP contribution in [0.15, 0.2) is 27.6 Å². The number of amides is 1. The Morgan fingerprint density at radius 1 is 1.23 bits per heavy atom. The van der Waals surface area contributed by atoms with Gasteiger partial charge in [0, 0.05) is 36.7 Å². The van der Waals surface area contributed by atoms with Crippen LogP contribution in [0.3, 0.4) is 0 Å². The van der Waals surface area contributed by atoms with Gasteiger partial charge >= 0.3 is 6.09 Å². The van der Waals surface area contributed by atoms with Gasteiger partial charge in [0.1, 0.15) is 22.4 Å². The second-order valence-electron chi connectivity index (χ2n) is 10.1. The van der Waals surface area contributed by atoms with E-state index in [1.165, 1.54) is 12.1 Å². The number of likely N-dealkylation sites (tertiary alicyclic amines) is 1. The average Bonchev–Trinajstić information content (AvgIpc) is 3.21. The molecule has 192 valence electrons. The van der Waals surface area contributed by atoms with Crippen LogP contribution in [0.1, 0.15) is 39.7 Å². The first kappa shape index (κ1) is 25.5. The molecule has 0 N–H and O–H groups in total. The summed E-state index contributed by atoms with van der Waals surface area (Å²) in [6.45, 7) is 9.08. The van der Waals surface area contributed by atoms with Crippen LogP contribution in [0.4, 0.5) is 9.18 Å². The van der Waals surface area contributed by atoms with Gasteiger partial charge in [0.05, 0.1) is 19.3 Å². The summed E-state index contributed by atoms with van der Waals surface area (Å²) in [5.74, 6) is -0.640. The number of carbonyl (C=O) groups excluding carboxylic acids is 1. The van der Waals surface area contributed by atoms with Crippen LogP contribution >= 0.6 is 0 Å². The maximum absolute atomic E-state index is 14.3. The van der Waals surface area contributed by atoms with Crippen LogP contribution in [-0.4, -0.2) is 73.8 Å². The highest BCUT2D eigenvalue weighted by molar-refractivity contribution is 7.90. The molecule has 10 nitrogen and oxygen atoms in total. The van der Waals surface area contributed by atoms with E-state index in [1.807, 2.05) is 20.8 Å². The standard InChI is InChI=1S/C23H30FN3O7S/c1-13(21-25-20(26-34-21)14-6-7-18(17(24)8-14)35(5,29)30)32-19-15-9-27(10-16(19)12-31-11-15)22(28)33-23(2,3)4/h6-8,13,15-16,19H,9-12H2,1-5H3. The number of sulfone groups is 1. The lowest BCUT2D eigenvalue weighted by Gasteiger charge is -2.47. The van der Waals surface area contributed by atoms with Crippen LogP contribution < -0.4 is 0 Å². The second-order valence-corrected chi connectivity index (χ2v) is 12.0. The first-order valence-electron chi connectivity index (χ1n) is 11.4. The molecule has 3 unspecified atom stereocenters. The Hall–Kier alpha value is -2.57. The number of hydrogen-bond acceptors (Lipinski definition) is 9. The number of fused-ring (bicyclic) bond motifs is 2. The maximum atomic E-state index is 14.3. The lowest BCUT2D eigenvalue weighted by atomic mass is 9.84. The van der Waals surface area contributed by atoms with Crippen LogP contribution in [0, 0.1) is 17.7 Å². The number of benzene rings is 1. The van der Waals surface area contributed by atoms with Crippen molar-refractivity contribution >= 4 is 15.9 Å². The van der Waals surface area contributed by atoms with E-state index in [4.69, 9.17) is 18.7 Å². The van der Waals surface area contributed by atoms with Crippen molar-refractivity contribution < 1.29 is 36.3 Å². The van der Waals surface area contributed by atoms with Gasteiger partial charge in [-0.3, -0.25) is 0 Å². The van der Waals surface area contributed by atoms with Gasteiger partial charge in [-0.15, -0.1) is 0 Å². The highest BCUT2D eigenvalue weighted by Gasteiger charge is 2.44. The zero-order valence-electron chi connectivity index (χ0n) is 20.4. The van der Waals surface area contributed by atoms with E-state index in [1.54, 1.807) is 11.8 Å². The van der Waals surface area contributed by atoms with Gasteiger partial charge in [-0.1, -0.05) is 5.16 Å². The molecule has 2 aromatic rings. The zero-order valence-corrected chi connectivity index (χ0v) is 21.2. The Morgan fingerprint density at radius 3 is 2.46 bits per heavy atom. The summed E-state index contributed by atoms with van der Waals surface area (Å²) in [5, 5.41) is 3.90. The number of piperidine rings is 1. The molecule has 0 spiro atoms. The Labute approximate surface area is 203 Å². The fraction of sp³-hybridized carbons (Fsp3) is 0.609. The highest BCUT2D eigenvalue weighted by atomic mass is 32.2. The highest BCUT2D eigenvalue weighted by Crippen LogP contribution is 2.34. The van der Waals surface area contributed by atoms with Gasteiger partial charge < -0.3 is 23.6 Å². The third-order valence-corrected chi connectivity index (χ3v) is 7.02. The van der Waals surface area contributed by atoms with Crippen molar-refractivity contribution in [3.8, 4) is 11.4 Å². The van der Waals surface area contributed by atoms with Crippen molar-refractivity contribution in [3.05, 3.63) is 29.9 Å². The molecule has 12 heteroatoms. The normalized spacial score (nSPS) is 23.7. The van der Waals surface area contributed by atoms with Crippen LogP contribution in [0.5, 0.6) is 0 Å². The molecule has 35 heavy (non-hydrogen) atoms. The Morgan fingerprint density at radius 2 is 1.89 bits per heavy atom. The predicted octanol–water partition coefficient (Wildman–Crippen LogP) is 3.24. The average molecular weight is 512 g/mol. The summed E-state index contributed by atoms with van der Waals surface area (Å²) in [6.07, 6.45) is -0.150. The predicted molar refractivity (Wildman–Crippen MR) is 122 cm³/mol. The zero-order chi connectivity index (χ0) is 25.5. The molecular weight excluding hydrogens is 481 g/mol. The topological polar surface area (TPSA) is 121 Å². The number of hydrogen-bond donors (Lipinski definition) is 0. The number of ether oxygens (including phenoxy) is 3. The second kappa shape index (κ2) is 9.47. The van der Waals surface area contributed by atoms with Crippen molar-refractivity contribution in [2.24, 2.45) is 11.8 Å². The molecule has 0 radical (unpaired) electrons. The molecule has 1 amide bonds. The fourth-order valence-electron chi connectivity index (χ4n) is 4.35. The minimum atomic E-state index is -3.69. The summed E-state index contributed by atoms with van der Waals surface area (Å²) in [7, 11) is -3.69. The fourth-order valence-corrected chi connectivity index (χ4v) is 5.08. The lowest BCUT2D eigenvalue weighted by Crippen LogP contribution is -2.58. The van der Waals surface area contributed by atoms with Gasteiger partial charge in [0.2, 0.25) is 5.82 Å². The van der Waals surface area contributed by atoms with Crippen LogP contribution in [-0.2, 0) is 24.0 Å². The largest absolute Gasteiger partial charge is 0.444 e. The molecule has 2 saturated heterocycles. The molecule has 4 rings (SSSR count). The van der Waals surface area contributed by atoms with Crippen LogP contribution in [0.25, 0.3) is 11.4 Å². The Kier molecular flexibility index (Phi) is 6.91. The van der Waals surface area contributed by atoms with Crippen molar-refractivity contribution in [3.63, 3.8) is 0 Å². The maximum Gasteiger partial charge on any atom is 0.410 e. The summed E-state index contributed by atoms with van der Waals surface area (Å²) >= 11 is 0. The van der Waals surface area contributed by atoms with E-state index in [2.05, 4.69) is 10.1 Å². The Bertz CT molecular complexity index is 1180. The molecule has 3 heterocycles. The van der Waals surface area contributed by atoms with Crippen molar-refractivity contribution in [2.75, 3.05) is 32.6 Å².